The van der Waals surface area contributed by atoms with Crippen molar-refractivity contribution in [3.63, 3.8) is 0 Å². The summed E-state index contributed by atoms with van der Waals surface area (Å²) in [5.74, 6) is 0.712. The van der Waals surface area contributed by atoms with E-state index in [2.05, 4.69) is 31.1 Å². The first-order chi connectivity index (χ1) is 10.0. The third kappa shape index (κ3) is 3.44. The van der Waals surface area contributed by atoms with Crippen LogP contribution in [-0.4, -0.2) is 41.2 Å². The van der Waals surface area contributed by atoms with Gasteiger partial charge >= 0.3 is 0 Å². The zero-order chi connectivity index (χ0) is 14.9. The summed E-state index contributed by atoms with van der Waals surface area (Å²) in [5.41, 5.74) is 0.945. The topological polar surface area (TPSA) is 69.1 Å². The van der Waals surface area contributed by atoms with Crippen molar-refractivity contribution in [3.8, 4) is 0 Å². The third-order valence-electron chi connectivity index (χ3n) is 2.89. The van der Waals surface area contributed by atoms with Crippen LogP contribution in [0.1, 0.15) is 13.8 Å². The maximum Gasteiger partial charge on any atom is 0.244 e. The van der Waals surface area contributed by atoms with Crippen LogP contribution < -0.4 is 4.90 Å². The lowest BCUT2D eigenvalue weighted by Gasteiger charge is -2.31. The third-order valence-corrected chi connectivity index (χ3v) is 3.30. The number of oxime groups is 1. The van der Waals surface area contributed by atoms with Gasteiger partial charge in [0, 0.05) is 26.2 Å². The summed E-state index contributed by atoms with van der Waals surface area (Å²) in [6, 6.07) is 0. The van der Waals surface area contributed by atoms with Crippen LogP contribution in [0, 0.1) is 0 Å². The van der Waals surface area contributed by atoms with Crippen LogP contribution >= 0.6 is 15.9 Å². The standard InChI is InChI=1S/C13H15BrN4O3/c1-13(2)19-7-11(21-13)8-20-17-10-5-18(6-10)12-15-3-9(14)4-16-12/h3-4,7H,5-6,8H2,1-2H3. The van der Waals surface area contributed by atoms with E-state index in [9.17, 15) is 0 Å². The highest BCUT2D eigenvalue weighted by atomic mass is 79.9. The van der Waals surface area contributed by atoms with Crippen LogP contribution in [0.5, 0.6) is 0 Å². The molecule has 0 bridgehead atoms. The first kappa shape index (κ1) is 14.1. The highest BCUT2D eigenvalue weighted by Crippen LogP contribution is 2.24. The molecule has 0 N–H and O–H groups in total. The Morgan fingerprint density at radius 1 is 1.38 bits per heavy atom. The molecule has 0 unspecified atom stereocenters. The maximum absolute atomic E-state index is 5.49. The summed E-state index contributed by atoms with van der Waals surface area (Å²) in [4.78, 5) is 15.7. The van der Waals surface area contributed by atoms with E-state index in [1.165, 1.54) is 0 Å². The van der Waals surface area contributed by atoms with Gasteiger partial charge in [0.05, 0.1) is 23.3 Å². The van der Waals surface area contributed by atoms with E-state index in [1.54, 1.807) is 18.7 Å². The van der Waals surface area contributed by atoms with Gasteiger partial charge in [-0.1, -0.05) is 5.16 Å². The minimum Gasteiger partial charge on any atom is -0.457 e. The summed E-state index contributed by atoms with van der Waals surface area (Å²) in [5, 5.41) is 4.07. The highest BCUT2D eigenvalue weighted by molar-refractivity contribution is 9.10. The van der Waals surface area contributed by atoms with Gasteiger partial charge in [0.15, 0.2) is 12.4 Å². The zero-order valence-corrected chi connectivity index (χ0v) is 13.3. The molecule has 0 amide bonds. The molecule has 2 aliphatic heterocycles. The fourth-order valence-corrected chi connectivity index (χ4v) is 2.09. The van der Waals surface area contributed by atoms with E-state index in [0.29, 0.717) is 24.8 Å². The first-order valence-electron chi connectivity index (χ1n) is 6.48. The second-order valence-corrected chi connectivity index (χ2v) is 6.11. The van der Waals surface area contributed by atoms with E-state index < -0.39 is 5.79 Å². The summed E-state index contributed by atoms with van der Waals surface area (Å²) in [7, 11) is 0. The second-order valence-electron chi connectivity index (χ2n) is 5.19. The largest absolute Gasteiger partial charge is 0.457 e. The molecule has 1 fully saturated rings. The van der Waals surface area contributed by atoms with Crippen LogP contribution in [0.2, 0.25) is 0 Å². The van der Waals surface area contributed by atoms with E-state index in [-0.39, 0.29) is 6.61 Å². The van der Waals surface area contributed by atoms with E-state index in [0.717, 1.165) is 10.2 Å². The van der Waals surface area contributed by atoms with Crippen LogP contribution in [0.15, 0.2) is 34.0 Å². The van der Waals surface area contributed by atoms with Gasteiger partial charge in [-0.3, -0.25) is 0 Å². The Hall–Kier alpha value is -1.83. The Balaban J connectivity index is 1.43. The lowest BCUT2D eigenvalue weighted by molar-refractivity contribution is -0.121. The van der Waals surface area contributed by atoms with E-state index in [4.69, 9.17) is 14.3 Å². The fourth-order valence-electron chi connectivity index (χ4n) is 1.88. The number of halogens is 1. The molecule has 1 aromatic rings. The van der Waals surface area contributed by atoms with Gasteiger partial charge in [-0.05, 0) is 15.9 Å². The highest BCUT2D eigenvalue weighted by Gasteiger charge is 2.28. The molecule has 0 atom stereocenters. The van der Waals surface area contributed by atoms with Crippen molar-refractivity contribution in [1.82, 2.24) is 9.97 Å². The Morgan fingerprint density at radius 2 is 2.10 bits per heavy atom. The van der Waals surface area contributed by atoms with Crippen molar-refractivity contribution < 1.29 is 14.3 Å². The number of anilines is 1. The SMILES string of the molecule is CC1(C)OC=C(CON=C2CN(c3ncc(Br)cn3)C2)O1. The van der Waals surface area contributed by atoms with Crippen LogP contribution in [-0.2, 0) is 14.3 Å². The molecule has 2 aliphatic rings. The van der Waals surface area contributed by atoms with Gasteiger partial charge in [-0.15, -0.1) is 0 Å². The molecule has 0 aliphatic carbocycles. The minimum absolute atomic E-state index is 0.266. The molecule has 8 heteroatoms. The van der Waals surface area contributed by atoms with Crippen LogP contribution in [0.3, 0.4) is 0 Å². The predicted octanol–water partition coefficient (Wildman–Crippen LogP) is 2.06. The van der Waals surface area contributed by atoms with Crippen molar-refractivity contribution >= 4 is 27.6 Å². The molecular formula is C13H15BrN4O3. The van der Waals surface area contributed by atoms with Gasteiger partial charge in [-0.25, -0.2) is 9.97 Å². The Kier molecular flexibility index (Phi) is 3.71. The summed E-state index contributed by atoms with van der Waals surface area (Å²) >= 11 is 3.31. The average molecular weight is 355 g/mol. The van der Waals surface area contributed by atoms with Gasteiger partial charge in [-0.2, -0.15) is 0 Å². The van der Waals surface area contributed by atoms with Gasteiger partial charge in [0.1, 0.15) is 6.26 Å². The summed E-state index contributed by atoms with van der Waals surface area (Å²) in [6.07, 6.45) is 5.00. The number of rotatable bonds is 4. The molecule has 0 spiro atoms. The molecule has 7 nitrogen and oxygen atoms in total. The number of ether oxygens (including phenoxy) is 2. The maximum atomic E-state index is 5.49. The smallest absolute Gasteiger partial charge is 0.244 e. The Labute approximate surface area is 130 Å². The summed E-state index contributed by atoms with van der Waals surface area (Å²) in [6.45, 7) is 5.28. The number of hydrogen-bond donors (Lipinski definition) is 0. The molecule has 1 saturated heterocycles. The monoisotopic (exact) mass is 354 g/mol. The Bertz CT molecular complexity index is 578. The summed E-state index contributed by atoms with van der Waals surface area (Å²) < 4.78 is 11.6. The molecule has 0 aromatic carbocycles. The molecule has 0 saturated carbocycles. The number of nitrogens with zero attached hydrogens (tertiary/aromatic N) is 4. The molecular weight excluding hydrogens is 340 g/mol. The fraction of sp³-hybridized carbons (Fsp3) is 0.462. The van der Waals surface area contributed by atoms with Crippen LogP contribution in [0.25, 0.3) is 0 Å². The van der Waals surface area contributed by atoms with Gasteiger partial charge in [0.2, 0.25) is 11.7 Å². The molecule has 3 heterocycles. The lowest BCUT2D eigenvalue weighted by Crippen LogP contribution is -2.48. The normalized spacial score (nSPS) is 19.3. The van der Waals surface area contributed by atoms with Gasteiger partial charge < -0.3 is 19.2 Å². The zero-order valence-electron chi connectivity index (χ0n) is 11.7. The van der Waals surface area contributed by atoms with E-state index in [1.807, 2.05) is 18.7 Å². The van der Waals surface area contributed by atoms with Crippen molar-refractivity contribution in [2.24, 2.45) is 5.16 Å². The van der Waals surface area contributed by atoms with Crippen molar-refractivity contribution in [1.29, 1.82) is 0 Å². The van der Waals surface area contributed by atoms with E-state index >= 15 is 0 Å². The quantitative estimate of drug-likeness (QED) is 0.770. The minimum atomic E-state index is -0.613. The second kappa shape index (κ2) is 5.51. The number of hydrogen-bond acceptors (Lipinski definition) is 7. The predicted molar refractivity (Wildman–Crippen MR) is 79.7 cm³/mol. The molecule has 1 aromatic heterocycles. The van der Waals surface area contributed by atoms with Crippen molar-refractivity contribution in [3.05, 3.63) is 28.9 Å². The molecule has 3 rings (SSSR count). The van der Waals surface area contributed by atoms with Crippen LogP contribution in [0.4, 0.5) is 5.95 Å². The lowest BCUT2D eigenvalue weighted by atomic mass is 10.2. The number of aromatic nitrogens is 2. The molecule has 0 radical (unpaired) electrons. The average Bonchev–Trinajstić information content (AvgIpc) is 2.73. The Morgan fingerprint density at radius 3 is 2.71 bits per heavy atom. The molecule has 112 valence electrons. The van der Waals surface area contributed by atoms with Crippen molar-refractivity contribution in [2.45, 2.75) is 19.6 Å². The first-order valence-corrected chi connectivity index (χ1v) is 7.27. The van der Waals surface area contributed by atoms with Gasteiger partial charge in [0.25, 0.3) is 0 Å². The molecule has 21 heavy (non-hydrogen) atoms. The van der Waals surface area contributed by atoms with Crippen molar-refractivity contribution in [2.75, 3.05) is 24.6 Å².